The van der Waals surface area contributed by atoms with Crippen LogP contribution < -0.4 is 20.5 Å². The maximum atomic E-state index is 12.2. The first-order chi connectivity index (χ1) is 13.3. The van der Waals surface area contributed by atoms with Crippen LogP contribution in [-0.2, 0) is 20.7 Å². The monoisotopic (exact) mass is 386 g/mol. The highest BCUT2D eigenvalue weighted by Gasteiger charge is 2.19. The van der Waals surface area contributed by atoms with E-state index in [-0.39, 0.29) is 6.42 Å². The van der Waals surface area contributed by atoms with E-state index in [4.69, 9.17) is 19.9 Å². The van der Waals surface area contributed by atoms with Crippen LogP contribution in [0.25, 0.3) is 0 Å². The number of carbonyl (C=O) groups excluding carboxylic acids is 3. The largest absolute Gasteiger partial charge is 0.493 e. The van der Waals surface area contributed by atoms with Gasteiger partial charge in [-0.2, -0.15) is 0 Å². The number of methoxy groups -OCH3 is 2. The van der Waals surface area contributed by atoms with E-state index in [1.54, 1.807) is 18.2 Å². The lowest BCUT2D eigenvalue weighted by Crippen LogP contribution is -2.30. The van der Waals surface area contributed by atoms with Gasteiger partial charge in [0.15, 0.2) is 17.6 Å². The zero-order valence-electron chi connectivity index (χ0n) is 15.9. The van der Waals surface area contributed by atoms with E-state index in [0.717, 1.165) is 0 Å². The van der Waals surface area contributed by atoms with E-state index < -0.39 is 23.9 Å². The van der Waals surface area contributed by atoms with Gasteiger partial charge < -0.3 is 25.3 Å². The highest BCUT2D eigenvalue weighted by atomic mass is 16.5. The van der Waals surface area contributed by atoms with Crippen LogP contribution in [0.4, 0.5) is 5.69 Å². The number of primary amides is 1. The number of hydrogen-bond donors (Lipinski definition) is 2. The van der Waals surface area contributed by atoms with E-state index in [0.29, 0.717) is 28.3 Å². The van der Waals surface area contributed by atoms with Gasteiger partial charge in [-0.25, -0.2) is 0 Å². The predicted octanol–water partition coefficient (Wildman–Crippen LogP) is 1.92. The molecule has 0 aliphatic rings. The van der Waals surface area contributed by atoms with Crippen LogP contribution in [-0.4, -0.2) is 38.1 Å². The van der Waals surface area contributed by atoms with Gasteiger partial charge in [0, 0.05) is 11.3 Å². The molecule has 8 heteroatoms. The molecule has 0 aliphatic carbocycles. The molecule has 2 rings (SSSR count). The number of ether oxygens (including phenoxy) is 3. The zero-order chi connectivity index (χ0) is 20.7. The summed E-state index contributed by atoms with van der Waals surface area (Å²) < 4.78 is 15.5. The Morgan fingerprint density at radius 3 is 2.21 bits per heavy atom. The Hall–Kier alpha value is -3.55. The van der Waals surface area contributed by atoms with E-state index in [1.807, 2.05) is 0 Å². The van der Waals surface area contributed by atoms with Gasteiger partial charge in [0.25, 0.3) is 5.91 Å². The normalized spacial score (nSPS) is 11.2. The predicted molar refractivity (Wildman–Crippen MR) is 102 cm³/mol. The molecule has 0 saturated carbocycles. The van der Waals surface area contributed by atoms with Crippen LogP contribution in [0.1, 0.15) is 22.8 Å². The summed E-state index contributed by atoms with van der Waals surface area (Å²) in [6.07, 6.45) is -1.02. The van der Waals surface area contributed by atoms with Gasteiger partial charge in [0.2, 0.25) is 5.91 Å². The summed E-state index contributed by atoms with van der Waals surface area (Å²) in [6, 6.07) is 11.1. The second-order valence-electron chi connectivity index (χ2n) is 5.93. The fourth-order valence-electron chi connectivity index (χ4n) is 2.41. The zero-order valence-corrected chi connectivity index (χ0v) is 15.9. The van der Waals surface area contributed by atoms with E-state index in [2.05, 4.69) is 5.32 Å². The first-order valence-electron chi connectivity index (χ1n) is 8.45. The minimum absolute atomic E-state index is 0.0225. The number of benzene rings is 2. The second kappa shape index (κ2) is 9.40. The van der Waals surface area contributed by atoms with Crippen molar-refractivity contribution in [2.45, 2.75) is 19.4 Å². The Balaban J connectivity index is 1.92. The Kier molecular flexibility index (Phi) is 6.97. The summed E-state index contributed by atoms with van der Waals surface area (Å²) in [7, 11) is 3.02. The molecule has 2 amide bonds. The molecule has 8 nitrogen and oxygen atoms in total. The van der Waals surface area contributed by atoms with Crippen LogP contribution in [0.3, 0.4) is 0 Å². The first-order valence-corrected chi connectivity index (χ1v) is 8.45. The van der Waals surface area contributed by atoms with E-state index >= 15 is 0 Å². The number of anilines is 1. The van der Waals surface area contributed by atoms with Crippen molar-refractivity contribution in [3.8, 4) is 11.5 Å². The Morgan fingerprint density at radius 1 is 1.00 bits per heavy atom. The quantitative estimate of drug-likeness (QED) is 0.670. The molecule has 0 aromatic heterocycles. The molecule has 2 aromatic carbocycles. The Bertz CT molecular complexity index is 863. The molecule has 0 bridgehead atoms. The van der Waals surface area contributed by atoms with Crippen LogP contribution in [0.2, 0.25) is 0 Å². The number of nitrogens with two attached hydrogens (primary N) is 1. The van der Waals surface area contributed by atoms with Gasteiger partial charge in [-0.3, -0.25) is 14.4 Å². The first kappa shape index (κ1) is 20.8. The standard InChI is InChI=1S/C20H22N2O6/c1-12(20(25)22-15-7-5-14(6-8-15)19(21)24)28-18(23)11-13-4-9-16(26-2)17(10-13)27-3/h4-10,12H,11H2,1-3H3,(H2,21,24)(H,22,25)/t12-/m1/s1. The van der Waals surface area contributed by atoms with Crippen LogP contribution in [0, 0.1) is 0 Å². The number of esters is 1. The molecule has 0 aliphatic heterocycles. The third kappa shape index (κ3) is 5.47. The van der Waals surface area contributed by atoms with E-state index in [1.165, 1.54) is 45.4 Å². The van der Waals surface area contributed by atoms with Crippen LogP contribution >= 0.6 is 0 Å². The number of nitrogens with one attached hydrogen (secondary N) is 1. The molecule has 0 radical (unpaired) electrons. The molecule has 0 unspecified atom stereocenters. The number of amides is 2. The van der Waals surface area contributed by atoms with Gasteiger partial charge >= 0.3 is 5.97 Å². The number of rotatable bonds is 8. The SMILES string of the molecule is COc1ccc(CC(=O)O[C@H](C)C(=O)Nc2ccc(C(N)=O)cc2)cc1OC. The summed E-state index contributed by atoms with van der Waals surface area (Å²) >= 11 is 0. The highest BCUT2D eigenvalue weighted by Crippen LogP contribution is 2.27. The molecule has 148 valence electrons. The fourth-order valence-corrected chi connectivity index (χ4v) is 2.41. The van der Waals surface area contributed by atoms with Crippen molar-refractivity contribution in [3.05, 3.63) is 53.6 Å². The average molecular weight is 386 g/mol. The summed E-state index contributed by atoms with van der Waals surface area (Å²) in [5.74, 6) is -0.561. The summed E-state index contributed by atoms with van der Waals surface area (Å²) in [4.78, 5) is 35.4. The summed E-state index contributed by atoms with van der Waals surface area (Å²) in [5, 5.41) is 2.61. The van der Waals surface area contributed by atoms with Crippen LogP contribution in [0.15, 0.2) is 42.5 Å². The van der Waals surface area contributed by atoms with Gasteiger partial charge in [0.1, 0.15) is 0 Å². The molecule has 0 spiro atoms. The minimum Gasteiger partial charge on any atom is -0.493 e. The smallest absolute Gasteiger partial charge is 0.311 e. The highest BCUT2D eigenvalue weighted by molar-refractivity contribution is 5.96. The third-order valence-electron chi connectivity index (χ3n) is 3.91. The van der Waals surface area contributed by atoms with Crippen molar-refractivity contribution < 1.29 is 28.6 Å². The molecule has 28 heavy (non-hydrogen) atoms. The van der Waals surface area contributed by atoms with Gasteiger partial charge in [-0.15, -0.1) is 0 Å². The maximum Gasteiger partial charge on any atom is 0.311 e. The average Bonchev–Trinajstić information content (AvgIpc) is 2.68. The molecule has 0 saturated heterocycles. The van der Waals surface area contributed by atoms with E-state index in [9.17, 15) is 14.4 Å². The number of hydrogen-bond acceptors (Lipinski definition) is 6. The lowest BCUT2D eigenvalue weighted by molar-refractivity contribution is -0.152. The van der Waals surface area contributed by atoms with Crippen molar-refractivity contribution in [1.82, 2.24) is 0 Å². The molecule has 0 heterocycles. The van der Waals surface area contributed by atoms with Gasteiger partial charge in [-0.1, -0.05) is 6.07 Å². The van der Waals surface area contributed by atoms with Crippen LogP contribution in [0.5, 0.6) is 11.5 Å². The lowest BCUT2D eigenvalue weighted by atomic mass is 10.1. The summed E-state index contributed by atoms with van der Waals surface area (Å²) in [6.45, 7) is 1.47. The molecule has 3 N–H and O–H groups in total. The van der Waals surface area contributed by atoms with Crippen molar-refractivity contribution in [2.75, 3.05) is 19.5 Å². The molecule has 1 atom stereocenters. The topological polar surface area (TPSA) is 117 Å². The van der Waals surface area contributed by atoms with Gasteiger partial charge in [-0.05, 0) is 48.9 Å². The Morgan fingerprint density at radius 2 is 1.64 bits per heavy atom. The van der Waals surface area contributed by atoms with Gasteiger partial charge in [0.05, 0.1) is 20.6 Å². The third-order valence-corrected chi connectivity index (χ3v) is 3.91. The van der Waals surface area contributed by atoms with Crippen molar-refractivity contribution in [2.24, 2.45) is 5.73 Å². The molecule has 2 aromatic rings. The second-order valence-corrected chi connectivity index (χ2v) is 5.93. The molecular formula is C20H22N2O6. The lowest BCUT2D eigenvalue weighted by Gasteiger charge is -2.14. The van der Waals surface area contributed by atoms with Crippen molar-refractivity contribution >= 4 is 23.5 Å². The Labute approximate surface area is 162 Å². The maximum absolute atomic E-state index is 12.2. The minimum atomic E-state index is -0.997. The number of carbonyl (C=O) groups is 3. The van der Waals surface area contributed by atoms with Crippen molar-refractivity contribution in [3.63, 3.8) is 0 Å². The van der Waals surface area contributed by atoms with Crippen molar-refractivity contribution in [1.29, 1.82) is 0 Å². The molecule has 0 fully saturated rings. The fraction of sp³-hybridized carbons (Fsp3) is 0.250. The summed E-state index contributed by atoms with van der Waals surface area (Å²) in [5.41, 5.74) is 6.61. The molecular weight excluding hydrogens is 364 g/mol.